The minimum absolute atomic E-state index is 0.00179. The third kappa shape index (κ3) is 2.53. The lowest BCUT2D eigenvalue weighted by Gasteiger charge is -2.01. The Hall–Kier alpha value is -2.28. The SMILES string of the molecule is COC(=O)c1sc(-c2cc([N+](=O)[O-])ccc2C)nc1C. The van der Waals surface area contributed by atoms with E-state index in [4.69, 9.17) is 0 Å². The molecule has 0 saturated heterocycles. The molecule has 0 unspecified atom stereocenters. The number of rotatable bonds is 3. The summed E-state index contributed by atoms with van der Waals surface area (Å²) in [7, 11) is 1.31. The molecule has 6 nitrogen and oxygen atoms in total. The largest absolute Gasteiger partial charge is 0.465 e. The van der Waals surface area contributed by atoms with E-state index < -0.39 is 10.9 Å². The van der Waals surface area contributed by atoms with Crippen LogP contribution in [-0.4, -0.2) is 23.0 Å². The van der Waals surface area contributed by atoms with Gasteiger partial charge in [0.2, 0.25) is 0 Å². The van der Waals surface area contributed by atoms with Crippen molar-refractivity contribution in [2.45, 2.75) is 13.8 Å². The zero-order chi connectivity index (χ0) is 14.9. The molecule has 1 heterocycles. The molecule has 1 aromatic heterocycles. The third-order valence-electron chi connectivity index (χ3n) is 2.83. The van der Waals surface area contributed by atoms with E-state index >= 15 is 0 Å². The predicted molar refractivity (Wildman–Crippen MR) is 75.0 cm³/mol. The first kappa shape index (κ1) is 14.1. The molecule has 0 aliphatic carbocycles. The first-order valence-electron chi connectivity index (χ1n) is 5.75. The van der Waals surface area contributed by atoms with E-state index in [0.717, 1.165) is 5.56 Å². The molecular weight excluding hydrogens is 280 g/mol. The smallest absolute Gasteiger partial charge is 0.349 e. The first-order valence-corrected chi connectivity index (χ1v) is 6.57. The number of benzene rings is 1. The van der Waals surface area contributed by atoms with Gasteiger partial charge in [-0.2, -0.15) is 0 Å². The molecule has 2 rings (SSSR count). The maximum Gasteiger partial charge on any atom is 0.349 e. The molecule has 0 saturated carbocycles. The Kier molecular flexibility index (Phi) is 3.80. The van der Waals surface area contributed by atoms with Gasteiger partial charge < -0.3 is 4.74 Å². The molecule has 0 spiro atoms. The standard InChI is InChI=1S/C13H12N2O4S/c1-7-4-5-9(15(17)18)6-10(7)12-14-8(2)11(20-12)13(16)19-3/h4-6H,1-3H3. The van der Waals surface area contributed by atoms with Crippen molar-refractivity contribution in [3.8, 4) is 10.6 Å². The molecule has 0 amide bonds. The minimum Gasteiger partial charge on any atom is -0.465 e. The third-order valence-corrected chi connectivity index (χ3v) is 4.00. The van der Waals surface area contributed by atoms with Crippen molar-refractivity contribution >= 4 is 23.0 Å². The van der Waals surface area contributed by atoms with Crippen LogP contribution in [0.5, 0.6) is 0 Å². The Morgan fingerprint density at radius 2 is 2.10 bits per heavy atom. The quantitative estimate of drug-likeness (QED) is 0.493. The Bertz CT molecular complexity index is 694. The molecule has 0 atom stereocenters. The van der Waals surface area contributed by atoms with Crippen molar-refractivity contribution in [2.75, 3.05) is 7.11 Å². The van der Waals surface area contributed by atoms with Crippen LogP contribution < -0.4 is 0 Å². The van der Waals surface area contributed by atoms with Crippen LogP contribution in [0.1, 0.15) is 20.9 Å². The van der Waals surface area contributed by atoms with Crippen LogP contribution >= 0.6 is 11.3 Å². The summed E-state index contributed by atoms with van der Waals surface area (Å²) in [6.45, 7) is 3.55. The normalized spacial score (nSPS) is 10.3. The van der Waals surface area contributed by atoms with E-state index in [0.29, 0.717) is 21.1 Å². The summed E-state index contributed by atoms with van der Waals surface area (Å²) in [4.78, 5) is 26.7. The van der Waals surface area contributed by atoms with Crippen molar-refractivity contribution in [1.29, 1.82) is 0 Å². The van der Waals surface area contributed by atoms with Gasteiger partial charge in [-0.25, -0.2) is 9.78 Å². The molecule has 7 heteroatoms. The number of ether oxygens (including phenoxy) is 1. The van der Waals surface area contributed by atoms with Gasteiger partial charge in [0.1, 0.15) is 9.88 Å². The van der Waals surface area contributed by atoms with Gasteiger partial charge in [0.05, 0.1) is 17.7 Å². The molecule has 0 fully saturated rings. The van der Waals surface area contributed by atoms with E-state index in [2.05, 4.69) is 9.72 Å². The van der Waals surface area contributed by atoms with E-state index in [1.807, 2.05) is 6.92 Å². The number of aromatic nitrogens is 1. The number of carbonyl (C=O) groups excluding carboxylic acids is 1. The zero-order valence-electron chi connectivity index (χ0n) is 11.2. The summed E-state index contributed by atoms with van der Waals surface area (Å²) >= 11 is 1.17. The average molecular weight is 292 g/mol. The first-order chi connectivity index (χ1) is 9.43. The topological polar surface area (TPSA) is 82.3 Å². The van der Waals surface area contributed by atoms with Crippen molar-refractivity contribution in [3.05, 3.63) is 44.4 Å². The Balaban J connectivity index is 2.54. The molecule has 20 heavy (non-hydrogen) atoms. The Labute approximate surface area is 119 Å². The lowest BCUT2D eigenvalue weighted by molar-refractivity contribution is -0.384. The number of hydrogen-bond donors (Lipinski definition) is 0. The molecule has 104 valence electrons. The predicted octanol–water partition coefficient (Wildman–Crippen LogP) is 3.12. The summed E-state index contributed by atoms with van der Waals surface area (Å²) in [6.07, 6.45) is 0. The number of esters is 1. The summed E-state index contributed by atoms with van der Waals surface area (Å²) in [5.74, 6) is -0.450. The lowest BCUT2D eigenvalue weighted by Crippen LogP contribution is -1.99. The van der Waals surface area contributed by atoms with Gasteiger partial charge in [-0.3, -0.25) is 10.1 Å². The molecule has 2 aromatic rings. The van der Waals surface area contributed by atoms with Crippen LogP contribution in [0.15, 0.2) is 18.2 Å². The second-order valence-electron chi connectivity index (χ2n) is 4.18. The highest BCUT2D eigenvalue weighted by Gasteiger charge is 2.19. The van der Waals surface area contributed by atoms with E-state index in [-0.39, 0.29) is 5.69 Å². The molecule has 0 bridgehead atoms. The van der Waals surface area contributed by atoms with E-state index in [1.54, 1.807) is 13.0 Å². The van der Waals surface area contributed by atoms with Gasteiger partial charge in [-0.05, 0) is 19.4 Å². The van der Waals surface area contributed by atoms with Gasteiger partial charge in [0.25, 0.3) is 5.69 Å². The number of aryl methyl sites for hydroxylation is 2. The summed E-state index contributed by atoms with van der Waals surface area (Å²) in [6, 6.07) is 4.58. The highest BCUT2D eigenvalue weighted by atomic mass is 32.1. The van der Waals surface area contributed by atoms with Gasteiger partial charge in [0, 0.05) is 17.7 Å². The van der Waals surface area contributed by atoms with Gasteiger partial charge >= 0.3 is 5.97 Å². The number of thiazole rings is 1. The lowest BCUT2D eigenvalue weighted by atomic mass is 10.1. The van der Waals surface area contributed by atoms with Gasteiger partial charge in [0.15, 0.2) is 0 Å². The summed E-state index contributed by atoms with van der Waals surface area (Å²) in [5, 5.41) is 11.4. The summed E-state index contributed by atoms with van der Waals surface area (Å²) < 4.78 is 4.68. The highest BCUT2D eigenvalue weighted by Crippen LogP contribution is 2.32. The van der Waals surface area contributed by atoms with Crippen LogP contribution in [0.3, 0.4) is 0 Å². The second kappa shape index (κ2) is 5.38. The molecule has 0 aliphatic rings. The van der Waals surface area contributed by atoms with E-state index in [9.17, 15) is 14.9 Å². The number of hydrogen-bond acceptors (Lipinski definition) is 6. The van der Waals surface area contributed by atoms with Crippen LogP contribution in [0.25, 0.3) is 10.6 Å². The highest BCUT2D eigenvalue weighted by molar-refractivity contribution is 7.17. The Morgan fingerprint density at radius 1 is 1.40 bits per heavy atom. The molecule has 0 N–H and O–H groups in total. The summed E-state index contributed by atoms with van der Waals surface area (Å²) in [5.41, 5.74) is 2.07. The van der Waals surface area contributed by atoms with Crippen molar-refractivity contribution < 1.29 is 14.5 Å². The molecule has 0 radical (unpaired) electrons. The van der Waals surface area contributed by atoms with Gasteiger partial charge in [-0.15, -0.1) is 11.3 Å². The maximum atomic E-state index is 11.6. The molecule has 0 aliphatic heterocycles. The zero-order valence-corrected chi connectivity index (χ0v) is 12.0. The number of carbonyl (C=O) groups is 1. The van der Waals surface area contributed by atoms with Crippen LogP contribution in [0, 0.1) is 24.0 Å². The number of nitro groups is 1. The van der Waals surface area contributed by atoms with Crippen molar-refractivity contribution in [3.63, 3.8) is 0 Å². The second-order valence-corrected chi connectivity index (χ2v) is 5.18. The minimum atomic E-state index is -0.454. The van der Waals surface area contributed by atoms with Gasteiger partial charge in [-0.1, -0.05) is 6.07 Å². The van der Waals surface area contributed by atoms with Crippen LogP contribution in [0.4, 0.5) is 5.69 Å². The number of nitrogens with zero attached hydrogens (tertiary/aromatic N) is 2. The fourth-order valence-electron chi connectivity index (χ4n) is 1.75. The van der Waals surface area contributed by atoms with E-state index in [1.165, 1.54) is 30.6 Å². The fourth-order valence-corrected chi connectivity index (χ4v) is 2.81. The van der Waals surface area contributed by atoms with Crippen molar-refractivity contribution in [1.82, 2.24) is 4.98 Å². The molecule has 1 aromatic carbocycles. The van der Waals surface area contributed by atoms with Crippen LogP contribution in [-0.2, 0) is 4.74 Å². The molecular formula is C13H12N2O4S. The maximum absolute atomic E-state index is 11.6. The van der Waals surface area contributed by atoms with Crippen molar-refractivity contribution in [2.24, 2.45) is 0 Å². The number of methoxy groups -OCH3 is 1. The number of nitro benzene ring substituents is 1. The monoisotopic (exact) mass is 292 g/mol. The van der Waals surface area contributed by atoms with Crippen LogP contribution in [0.2, 0.25) is 0 Å². The average Bonchev–Trinajstić information content (AvgIpc) is 2.80. The Morgan fingerprint density at radius 3 is 2.70 bits per heavy atom. The fraction of sp³-hybridized carbons (Fsp3) is 0.231. The number of non-ortho nitro benzene ring substituents is 1.